The molecule has 12 heteroatoms. The van der Waals surface area contributed by atoms with Crippen molar-refractivity contribution in [3.63, 3.8) is 0 Å². The van der Waals surface area contributed by atoms with Gasteiger partial charge in [-0.3, -0.25) is 4.79 Å². The molecule has 4 rings (SSSR count). The van der Waals surface area contributed by atoms with Gasteiger partial charge in [-0.15, -0.1) is 0 Å². The molecule has 2 aliphatic rings. The van der Waals surface area contributed by atoms with E-state index in [9.17, 15) is 45.6 Å². The van der Waals surface area contributed by atoms with Crippen LogP contribution in [0.25, 0.3) is 0 Å². The fraction of sp³-hybridized carbons (Fsp3) is 0.381. The molecular weight excluding hydrogens is 444 g/mol. The van der Waals surface area contributed by atoms with Gasteiger partial charge in [-0.2, -0.15) is 0 Å². The second-order valence-corrected chi connectivity index (χ2v) is 7.70. The zero-order valence-electron chi connectivity index (χ0n) is 16.8. The van der Waals surface area contributed by atoms with Gasteiger partial charge in [0.2, 0.25) is 17.8 Å². The molecule has 0 aromatic heterocycles. The molecule has 33 heavy (non-hydrogen) atoms. The Balaban J connectivity index is 1.74. The van der Waals surface area contributed by atoms with Crippen LogP contribution < -0.4 is 9.47 Å². The molecule has 8 N–H and O–H groups in total. The van der Waals surface area contributed by atoms with Crippen molar-refractivity contribution in [1.29, 1.82) is 0 Å². The maximum absolute atomic E-state index is 12.8. The molecule has 0 amide bonds. The van der Waals surface area contributed by atoms with Gasteiger partial charge < -0.3 is 55.1 Å². The number of Topliss-reactive ketones (excluding diaryl/α,β-unsaturated/α-hetero) is 1. The summed E-state index contributed by atoms with van der Waals surface area (Å²) in [6, 6.07) is 6.14. The fourth-order valence-corrected chi connectivity index (χ4v) is 3.75. The van der Waals surface area contributed by atoms with E-state index in [1.165, 1.54) is 24.3 Å². The minimum atomic E-state index is -1.83. The molecule has 2 aromatic rings. The van der Waals surface area contributed by atoms with Crippen LogP contribution in [0.15, 0.2) is 30.3 Å². The summed E-state index contributed by atoms with van der Waals surface area (Å²) < 4.78 is 16.5. The van der Waals surface area contributed by atoms with E-state index in [-0.39, 0.29) is 11.3 Å². The third kappa shape index (κ3) is 3.93. The molecule has 0 radical (unpaired) electrons. The van der Waals surface area contributed by atoms with Crippen LogP contribution in [0.1, 0.15) is 22.0 Å². The number of aromatic hydroxyl groups is 3. The lowest BCUT2D eigenvalue weighted by atomic mass is 9.92. The molecule has 7 atom stereocenters. The van der Waals surface area contributed by atoms with E-state index >= 15 is 0 Å². The van der Waals surface area contributed by atoms with Gasteiger partial charge >= 0.3 is 0 Å². The number of fused-ring (bicyclic) bond motifs is 1. The van der Waals surface area contributed by atoms with Crippen molar-refractivity contribution in [1.82, 2.24) is 0 Å². The monoisotopic (exact) mass is 466 g/mol. The minimum absolute atomic E-state index is 0.0716. The number of rotatable bonds is 4. The maximum Gasteiger partial charge on any atom is 0.229 e. The van der Waals surface area contributed by atoms with Crippen LogP contribution in [0.4, 0.5) is 0 Å². The van der Waals surface area contributed by atoms with E-state index in [0.717, 1.165) is 6.07 Å². The number of carbonyl (C=O) groups excluding carboxylic acids is 1. The normalized spacial score (nSPS) is 31.5. The van der Waals surface area contributed by atoms with Gasteiger partial charge in [0.1, 0.15) is 41.5 Å². The highest BCUT2D eigenvalue weighted by Crippen LogP contribution is 2.50. The van der Waals surface area contributed by atoms with Gasteiger partial charge in [-0.1, -0.05) is 12.1 Å². The van der Waals surface area contributed by atoms with Crippen LogP contribution in [0.3, 0.4) is 0 Å². The molecule has 12 nitrogen and oxygen atoms in total. The number of phenolic OH excluding ortho intramolecular Hbond substituents is 3. The van der Waals surface area contributed by atoms with E-state index in [1.54, 1.807) is 0 Å². The van der Waals surface area contributed by atoms with Crippen LogP contribution in [-0.2, 0) is 4.74 Å². The van der Waals surface area contributed by atoms with E-state index in [1.807, 2.05) is 0 Å². The first-order chi connectivity index (χ1) is 15.6. The van der Waals surface area contributed by atoms with Gasteiger partial charge in [0.05, 0.1) is 6.61 Å². The summed E-state index contributed by atoms with van der Waals surface area (Å²) in [4.78, 5) is 12.8. The Labute approximate surface area is 186 Å². The number of carbonyl (C=O) groups is 1. The Hall–Kier alpha value is -3.13. The first kappa shape index (κ1) is 23.0. The predicted octanol–water partition coefficient (Wildman–Crippen LogP) is -1.34. The second kappa shape index (κ2) is 8.67. The smallest absolute Gasteiger partial charge is 0.229 e. The van der Waals surface area contributed by atoms with Crippen molar-refractivity contribution in [2.24, 2.45) is 0 Å². The minimum Gasteiger partial charge on any atom is -0.508 e. The summed E-state index contributed by atoms with van der Waals surface area (Å²) in [5.74, 6) is -3.49. The van der Waals surface area contributed by atoms with Crippen LogP contribution in [-0.4, -0.2) is 90.1 Å². The Morgan fingerprint density at radius 3 is 2.21 bits per heavy atom. The van der Waals surface area contributed by atoms with Gasteiger partial charge in [0.15, 0.2) is 23.7 Å². The molecule has 0 spiro atoms. The highest BCUT2D eigenvalue weighted by molar-refractivity contribution is 6.06. The van der Waals surface area contributed by atoms with Crippen LogP contribution in [0.2, 0.25) is 0 Å². The highest BCUT2D eigenvalue weighted by Gasteiger charge is 2.47. The lowest BCUT2D eigenvalue weighted by Crippen LogP contribution is -2.60. The van der Waals surface area contributed by atoms with Crippen molar-refractivity contribution in [2.75, 3.05) is 6.61 Å². The molecule has 178 valence electrons. The molecule has 0 bridgehead atoms. The maximum atomic E-state index is 12.8. The summed E-state index contributed by atoms with van der Waals surface area (Å²) in [6.07, 6.45) is -11.4. The van der Waals surface area contributed by atoms with Crippen LogP contribution in [0, 0.1) is 0 Å². The SMILES string of the molecule is O=C1c2c(O)cc(O)c(O[C@@H]3O[C@H](CO)[C@@H](O)[C@H](O)[C@H]3O)c2O[C@H](c2ccc(O)cc2)[C@@H]1O. The van der Waals surface area contributed by atoms with Crippen LogP contribution in [0.5, 0.6) is 28.7 Å². The molecule has 0 saturated carbocycles. The third-order valence-electron chi connectivity index (χ3n) is 5.55. The number of benzene rings is 2. The quantitative estimate of drug-likeness (QED) is 0.263. The van der Waals surface area contributed by atoms with Gasteiger partial charge in [-0.25, -0.2) is 0 Å². The number of aliphatic hydroxyl groups excluding tert-OH is 5. The standard InChI is InChI=1S/C21H22O12/c22-6-11-13(26)15(28)17(30)21(31-11)33-19-10(25)5-9(24)12-14(27)16(29)18(32-20(12)19)7-1-3-8(23)4-2-7/h1-5,11,13,15-18,21-26,28-30H,6H2/t11-,13-,15+,16-,17-,18-,21+/m1/s1. The average molecular weight is 466 g/mol. The van der Waals surface area contributed by atoms with Crippen molar-refractivity contribution in [2.45, 2.75) is 42.9 Å². The summed E-state index contributed by atoms with van der Waals surface area (Å²) in [5, 5.41) is 80.0. The molecule has 1 saturated heterocycles. The third-order valence-corrected chi connectivity index (χ3v) is 5.55. The van der Waals surface area contributed by atoms with Gasteiger partial charge in [0.25, 0.3) is 0 Å². The Morgan fingerprint density at radius 1 is 0.909 bits per heavy atom. The number of hydrogen-bond acceptors (Lipinski definition) is 12. The van der Waals surface area contributed by atoms with Crippen molar-refractivity contribution >= 4 is 5.78 Å². The summed E-state index contributed by atoms with van der Waals surface area (Å²) in [6.45, 7) is -0.728. The van der Waals surface area contributed by atoms with Crippen molar-refractivity contribution in [3.05, 3.63) is 41.5 Å². The van der Waals surface area contributed by atoms with Crippen LogP contribution >= 0.6 is 0 Å². The molecule has 2 aliphatic heterocycles. The molecule has 0 unspecified atom stereocenters. The second-order valence-electron chi connectivity index (χ2n) is 7.70. The van der Waals surface area contributed by atoms with Gasteiger partial charge in [0, 0.05) is 6.07 Å². The number of hydrogen-bond donors (Lipinski definition) is 8. The zero-order chi connectivity index (χ0) is 24.0. The van der Waals surface area contributed by atoms with E-state index < -0.39 is 83.9 Å². The predicted molar refractivity (Wildman–Crippen MR) is 106 cm³/mol. The van der Waals surface area contributed by atoms with Crippen molar-refractivity contribution in [3.8, 4) is 28.7 Å². The van der Waals surface area contributed by atoms with E-state index in [4.69, 9.17) is 14.2 Å². The molecular formula is C21H22O12. The molecule has 2 heterocycles. The average Bonchev–Trinajstić information content (AvgIpc) is 2.78. The number of phenols is 3. The number of ether oxygens (including phenoxy) is 3. The summed E-state index contributed by atoms with van der Waals surface area (Å²) in [7, 11) is 0. The number of ketones is 1. The highest BCUT2D eigenvalue weighted by atomic mass is 16.7. The summed E-state index contributed by atoms with van der Waals surface area (Å²) >= 11 is 0. The molecule has 0 aliphatic carbocycles. The first-order valence-electron chi connectivity index (χ1n) is 9.88. The van der Waals surface area contributed by atoms with E-state index in [2.05, 4.69) is 0 Å². The fourth-order valence-electron chi connectivity index (χ4n) is 3.75. The summed E-state index contributed by atoms with van der Waals surface area (Å²) in [5.41, 5.74) is -0.226. The first-order valence-corrected chi connectivity index (χ1v) is 9.88. The Kier molecular flexibility index (Phi) is 6.05. The van der Waals surface area contributed by atoms with E-state index in [0.29, 0.717) is 0 Å². The molecule has 1 fully saturated rings. The zero-order valence-corrected chi connectivity index (χ0v) is 16.8. The number of aliphatic hydroxyl groups is 5. The lowest BCUT2D eigenvalue weighted by Gasteiger charge is -2.40. The topological polar surface area (TPSA) is 207 Å². The Morgan fingerprint density at radius 2 is 1.58 bits per heavy atom. The van der Waals surface area contributed by atoms with Crippen molar-refractivity contribution < 1.29 is 59.9 Å². The Bertz CT molecular complexity index is 1040. The lowest BCUT2D eigenvalue weighted by molar-refractivity contribution is -0.277. The molecule has 2 aromatic carbocycles. The largest absolute Gasteiger partial charge is 0.508 e. The van der Waals surface area contributed by atoms with Gasteiger partial charge in [-0.05, 0) is 17.7 Å².